The minimum atomic E-state index is 0.0198. The van der Waals surface area contributed by atoms with Gasteiger partial charge in [0.05, 0.1) is 18.8 Å². The lowest BCUT2D eigenvalue weighted by molar-refractivity contribution is -0.00113. The molecule has 0 saturated heterocycles. The van der Waals surface area contributed by atoms with Crippen LogP contribution in [0.5, 0.6) is 0 Å². The van der Waals surface area contributed by atoms with Crippen LogP contribution in [-0.4, -0.2) is 19.9 Å². The molecule has 3 aromatic rings. The summed E-state index contributed by atoms with van der Waals surface area (Å²) in [4.78, 5) is 4.64. The molecule has 0 radical (unpaired) electrons. The van der Waals surface area contributed by atoms with Gasteiger partial charge in [0.25, 0.3) is 5.89 Å². The fourth-order valence-corrected chi connectivity index (χ4v) is 4.08. The Morgan fingerprint density at radius 1 is 1.07 bits per heavy atom. The molecule has 0 unspecified atom stereocenters. The summed E-state index contributed by atoms with van der Waals surface area (Å²) in [5.74, 6) is 1.79. The summed E-state index contributed by atoms with van der Waals surface area (Å²) >= 11 is 0. The third-order valence-corrected chi connectivity index (χ3v) is 5.71. The fourth-order valence-electron chi connectivity index (χ4n) is 4.08. The fraction of sp³-hybridized carbons (Fsp3) is 0.476. The van der Waals surface area contributed by atoms with Crippen molar-refractivity contribution in [2.24, 2.45) is 0 Å². The van der Waals surface area contributed by atoms with E-state index in [1.807, 2.05) is 10.7 Å². The van der Waals surface area contributed by atoms with E-state index in [-0.39, 0.29) is 6.10 Å². The Morgan fingerprint density at radius 2 is 1.89 bits per heavy atom. The molecule has 0 spiro atoms. The first kappa shape index (κ1) is 16.7. The van der Waals surface area contributed by atoms with E-state index in [2.05, 4.69) is 41.3 Å². The molecule has 1 aliphatic heterocycles. The monoisotopic (exact) mass is 364 g/mol. The molecular formula is C21H24N4O2. The zero-order chi connectivity index (χ0) is 18.2. The second kappa shape index (κ2) is 6.93. The maximum atomic E-state index is 6.05. The highest BCUT2D eigenvalue weighted by Crippen LogP contribution is 2.33. The maximum Gasteiger partial charge on any atom is 0.278 e. The highest BCUT2D eigenvalue weighted by molar-refractivity contribution is 5.47. The highest BCUT2D eigenvalue weighted by atomic mass is 16.5. The summed E-state index contributed by atoms with van der Waals surface area (Å²) in [6.45, 7) is 3.33. The Kier molecular flexibility index (Phi) is 4.28. The molecule has 1 aromatic carbocycles. The third-order valence-electron chi connectivity index (χ3n) is 5.71. The standard InChI is InChI=1S/C21H24N4O2/c1-14-7-9-15(10-8-14)19-12-25-17(13-26-19)11-18(23-25)21-22-20(24-27-21)16-5-3-2-4-6-16/h7-11,16,19H,2-6,12-13H2,1H3/t19-/m0/s1. The predicted octanol–water partition coefficient (Wildman–Crippen LogP) is 4.56. The number of nitrogens with zero attached hydrogens (tertiary/aromatic N) is 4. The first-order chi connectivity index (χ1) is 13.3. The van der Waals surface area contributed by atoms with Gasteiger partial charge in [-0.1, -0.05) is 54.2 Å². The van der Waals surface area contributed by atoms with Crippen LogP contribution in [0.1, 0.15) is 66.8 Å². The molecule has 1 fully saturated rings. The average Bonchev–Trinajstić information content (AvgIpc) is 3.36. The van der Waals surface area contributed by atoms with Crippen LogP contribution in [0.3, 0.4) is 0 Å². The number of hydrogen-bond acceptors (Lipinski definition) is 5. The van der Waals surface area contributed by atoms with Gasteiger partial charge < -0.3 is 9.26 Å². The van der Waals surface area contributed by atoms with Crippen LogP contribution < -0.4 is 0 Å². The van der Waals surface area contributed by atoms with Gasteiger partial charge in [-0.2, -0.15) is 10.1 Å². The molecule has 140 valence electrons. The minimum absolute atomic E-state index is 0.0198. The third kappa shape index (κ3) is 3.30. The quantitative estimate of drug-likeness (QED) is 0.681. The van der Waals surface area contributed by atoms with Crippen molar-refractivity contribution < 1.29 is 9.26 Å². The van der Waals surface area contributed by atoms with Gasteiger partial charge in [-0.05, 0) is 31.4 Å². The molecule has 1 aliphatic carbocycles. The molecule has 0 bridgehead atoms. The summed E-state index contributed by atoms with van der Waals surface area (Å²) in [6.07, 6.45) is 6.16. The molecule has 6 nitrogen and oxygen atoms in total. The van der Waals surface area contributed by atoms with Crippen molar-refractivity contribution in [3.63, 3.8) is 0 Å². The Labute approximate surface area is 158 Å². The molecule has 1 atom stereocenters. The lowest BCUT2D eigenvalue weighted by Gasteiger charge is -2.24. The summed E-state index contributed by atoms with van der Waals surface area (Å²) < 4.78 is 13.6. The van der Waals surface area contributed by atoms with Crippen LogP contribution in [0.25, 0.3) is 11.6 Å². The van der Waals surface area contributed by atoms with Gasteiger partial charge in [0, 0.05) is 5.92 Å². The number of fused-ring (bicyclic) bond motifs is 1. The van der Waals surface area contributed by atoms with Crippen LogP contribution in [0, 0.1) is 6.92 Å². The first-order valence-electron chi connectivity index (χ1n) is 9.85. The second-order valence-electron chi connectivity index (χ2n) is 7.71. The predicted molar refractivity (Wildman–Crippen MR) is 100 cm³/mol. The summed E-state index contributed by atoms with van der Waals surface area (Å²) in [6, 6.07) is 10.5. The van der Waals surface area contributed by atoms with Gasteiger partial charge in [0.1, 0.15) is 6.10 Å². The molecular weight excluding hydrogens is 340 g/mol. The van der Waals surface area contributed by atoms with E-state index in [1.54, 1.807) is 0 Å². The van der Waals surface area contributed by atoms with E-state index in [1.165, 1.54) is 30.4 Å². The molecule has 27 heavy (non-hydrogen) atoms. The van der Waals surface area contributed by atoms with E-state index < -0.39 is 0 Å². The number of benzene rings is 1. The van der Waals surface area contributed by atoms with Gasteiger partial charge in [-0.3, -0.25) is 4.68 Å². The van der Waals surface area contributed by atoms with Crippen LogP contribution in [0.2, 0.25) is 0 Å². The largest absolute Gasteiger partial charge is 0.365 e. The number of hydrogen-bond donors (Lipinski definition) is 0. The Morgan fingerprint density at radius 3 is 2.70 bits per heavy atom. The van der Waals surface area contributed by atoms with Crippen LogP contribution in [0.4, 0.5) is 0 Å². The number of rotatable bonds is 3. The molecule has 1 saturated carbocycles. The topological polar surface area (TPSA) is 66.0 Å². The minimum Gasteiger partial charge on any atom is -0.365 e. The highest BCUT2D eigenvalue weighted by Gasteiger charge is 2.26. The van der Waals surface area contributed by atoms with Crippen molar-refractivity contribution in [1.82, 2.24) is 19.9 Å². The Balaban J connectivity index is 1.35. The summed E-state index contributed by atoms with van der Waals surface area (Å²) in [7, 11) is 0. The van der Waals surface area contributed by atoms with E-state index in [4.69, 9.17) is 14.4 Å². The normalized spacial score (nSPS) is 20.6. The Bertz CT molecular complexity index is 922. The molecule has 2 aromatic heterocycles. The molecule has 2 aliphatic rings. The van der Waals surface area contributed by atoms with Crippen molar-refractivity contribution in [2.45, 2.75) is 64.2 Å². The zero-order valence-electron chi connectivity index (χ0n) is 15.6. The van der Waals surface area contributed by atoms with E-state index in [0.717, 1.165) is 30.1 Å². The molecule has 6 heteroatoms. The molecule has 0 N–H and O–H groups in total. The van der Waals surface area contributed by atoms with Crippen molar-refractivity contribution in [1.29, 1.82) is 0 Å². The van der Waals surface area contributed by atoms with Crippen LogP contribution in [-0.2, 0) is 17.9 Å². The van der Waals surface area contributed by atoms with Gasteiger partial charge in [0.15, 0.2) is 11.5 Å². The van der Waals surface area contributed by atoms with Crippen molar-refractivity contribution in [3.05, 3.63) is 53.0 Å². The smallest absolute Gasteiger partial charge is 0.278 e. The lowest BCUT2D eigenvalue weighted by atomic mass is 9.89. The van der Waals surface area contributed by atoms with E-state index >= 15 is 0 Å². The summed E-state index contributed by atoms with van der Waals surface area (Å²) in [5.41, 5.74) is 4.22. The van der Waals surface area contributed by atoms with Crippen LogP contribution >= 0.6 is 0 Å². The number of ether oxygens (including phenoxy) is 1. The first-order valence-corrected chi connectivity index (χ1v) is 9.85. The zero-order valence-corrected chi connectivity index (χ0v) is 15.6. The second-order valence-corrected chi connectivity index (χ2v) is 7.71. The Hall–Kier alpha value is -2.47. The van der Waals surface area contributed by atoms with Crippen molar-refractivity contribution >= 4 is 0 Å². The molecule has 5 rings (SSSR count). The SMILES string of the molecule is Cc1ccc([C@@H]2Cn3nc(-c4nc(C5CCCCC5)no4)cc3CO2)cc1. The van der Waals surface area contributed by atoms with E-state index in [9.17, 15) is 0 Å². The maximum absolute atomic E-state index is 6.05. The van der Waals surface area contributed by atoms with Gasteiger partial charge in [-0.15, -0.1) is 0 Å². The summed E-state index contributed by atoms with van der Waals surface area (Å²) in [5, 5.41) is 8.94. The molecule has 0 amide bonds. The molecule has 3 heterocycles. The van der Waals surface area contributed by atoms with Crippen LogP contribution in [0.15, 0.2) is 34.9 Å². The van der Waals surface area contributed by atoms with Gasteiger partial charge >= 0.3 is 0 Å². The number of aromatic nitrogens is 4. The van der Waals surface area contributed by atoms with Crippen molar-refractivity contribution in [3.8, 4) is 11.6 Å². The average molecular weight is 364 g/mol. The van der Waals surface area contributed by atoms with Crippen molar-refractivity contribution in [2.75, 3.05) is 0 Å². The van der Waals surface area contributed by atoms with Gasteiger partial charge in [0.2, 0.25) is 0 Å². The lowest BCUT2D eigenvalue weighted by Crippen LogP contribution is -2.21. The van der Waals surface area contributed by atoms with E-state index in [0.29, 0.717) is 25.0 Å². The van der Waals surface area contributed by atoms with Gasteiger partial charge in [-0.25, -0.2) is 0 Å². The number of aryl methyl sites for hydroxylation is 1.